The number of alkyl halides is 3. The molecule has 0 aliphatic heterocycles. The molecular formula is C33H30ClF3N2O5. The third kappa shape index (κ3) is 8.67. The van der Waals surface area contributed by atoms with Crippen LogP contribution in [0.5, 0.6) is 23.0 Å². The van der Waals surface area contributed by atoms with Crippen molar-refractivity contribution in [1.82, 2.24) is 5.43 Å². The lowest BCUT2D eigenvalue weighted by molar-refractivity contribution is -0.137. The van der Waals surface area contributed by atoms with E-state index in [0.29, 0.717) is 42.6 Å². The van der Waals surface area contributed by atoms with Crippen molar-refractivity contribution in [3.63, 3.8) is 0 Å². The maximum absolute atomic E-state index is 13.3. The van der Waals surface area contributed by atoms with Gasteiger partial charge in [-0.1, -0.05) is 60.1 Å². The number of rotatable bonds is 13. The van der Waals surface area contributed by atoms with Gasteiger partial charge in [0.05, 0.1) is 35.6 Å². The Morgan fingerprint density at radius 1 is 0.795 bits per heavy atom. The van der Waals surface area contributed by atoms with Gasteiger partial charge in [-0.25, -0.2) is 5.43 Å². The van der Waals surface area contributed by atoms with Gasteiger partial charge < -0.3 is 18.9 Å². The first-order valence-corrected chi connectivity index (χ1v) is 14.1. The number of carbonyl (C=O) groups is 1. The summed E-state index contributed by atoms with van der Waals surface area (Å²) in [5, 5.41) is 4.01. The molecule has 0 aliphatic rings. The van der Waals surface area contributed by atoms with Crippen LogP contribution in [0.25, 0.3) is 0 Å². The van der Waals surface area contributed by atoms with Crippen molar-refractivity contribution in [2.75, 3.05) is 13.2 Å². The van der Waals surface area contributed by atoms with Crippen LogP contribution in [0.2, 0.25) is 5.02 Å². The average molecular weight is 627 g/mol. The van der Waals surface area contributed by atoms with Crippen LogP contribution in [-0.2, 0) is 19.4 Å². The topological polar surface area (TPSA) is 78.4 Å². The van der Waals surface area contributed by atoms with Gasteiger partial charge >= 0.3 is 6.18 Å². The summed E-state index contributed by atoms with van der Waals surface area (Å²) in [6.45, 7) is 4.96. The smallest absolute Gasteiger partial charge is 0.417 e. The average Bonchev–Trinajstić information content (AvgIpc) is 3.00. The van der Waals surface area contributed by atoms with Gasteiger partial charge in [0.25, 0.3) is 5.91 Å². The number of ether oxygens (including phenoxy) is 4. The molecule has 1 N–H and O–H groups in total. The molecule has 44 heavy (non-hydrogen) atoms. The van der Waals surface area contributed by atoms with Crippen LogP contribution in [0, 0.1) is 0 Å². The molecule has 0 heterocycles. The van der Waals surface area contributed by atoms with E-state index in [2.05, 4.69) is 10.5 Å². The van der Waals surface area contributed by atoms with Crippen LogP contribution in [0.1, 0.15) is 46.5 Å². The maximum atomic E-state index is 13.3. The van der Waals surface area contributed by atoms with Crippen LogP contribution < -0.4 is 24.4 Å². The largest absolute Gasteiger partial charge is 0.490 e. The molecule has 0 bridgehead atoms. The molecule has 0 fully saturated rings. The van der Waals surface area contributed by atoms with Crippen molar-refractivity contribution in [3.05, 3.63) is 118 Å². The number of hydrazone groups is 1. The number of amides is 1. The summed E-state index contributed by atoms with van der Waals surface area (Å²) in [6.07, 6.45) is -3.44. The minimum absolute atomic E-state index is 0.140. The molecule has 11 heteroatoms. The summed E-state index contributed by atoms with van der Waals surface area (Å²) in [5.41, 5.74) is 2.78. The van der Waals surface area contributed by atoms with Crippen molar-refractivity contribution in [2.24, 2.45) is 5.10 Å². The number of hydrogen-bond acceptors (Lipinski definition) is 6. The summed E-state index contributed by atoms with van der Waals surface area (Å²) in [7, 11) is 0. The van der Waals surface area contributed by atoms with Crippen molar-refractivity contribution in [1.29, 1.82) is 0 Å². The number of halogens is 4. The molecule has 4 rings (SSSR count). The second kappa shape index (κ2) is 15.2. The molecule has 0 aromatic heterocycles. The highest BCUT2D eigenvalue weighted by Crippen LogP contribution is 2.38. The molecule has 0 radical (unpaired) electrons. The van der Waals surface area contributed by atoms with E-state index in [1.165, 1.54) is 24.4 Å². The normalized spacial score (nSPS) is 11.3. The van der Waals surface area contributed by atoms with Crippen LogP contribution in [0.4, 0.5) is 13.2 Å². The molecular weight excluding hydrogens is 597 g/mol. The van der Waals surface area contributed by atoms with E-state index < -0.39 is 23.2 Å². The Balaban J connectivity index is 1.45. The Kier molecular flexibility index (Phi) is 11.1. The first-order chi connectivity index (χ1) is 21.2. The van der Waals surface area contributed by atoms with Gasteiger partial charge in [0, 0.05) is 0 Å². The second-order valence-electron chi connectivity index (χ2n) is 9.28. The molecule has 1 amide bonds. The SMILES string of the molecule is CCOc1cc(COc2c(Cl)cc(/C=N/NC(=O)c3ccccc3C(F)(F)F)cc2OCC)ccc1OCc1ccccc1. The summed E-state index contributed by atoms with van der Waals surface area (Å²) in [5.74, 6) is 0.782. The number of nitrogens with zero attached hydrogens (tertiary/aromatic N) is 1. The van der Waals surface area contributed by atoms with E-state index in [9.17, 15) is 18.0 Å². The fraction of sp³-hybridized carbons (Fsp3) is 0.212. The first-order valence-electron chi connectivity index (χ1n) is 13.7. The summed E-state index contributed by atoms with van der Waals surface area (Å²) in [4.78, 5) is 12.4. The third-order valence-corrected chi connectivity index (χ3v) is 6.40. The lowest BCUT2D eigenvalue weighted by Gasteiger charge is -2.16. The highest BCUT2D eigenvalue weighted by Gasteiger charge is 2.34. The van der Waals surface area contributed by atoms with Gasteiger partial charge in [-0.3, -0.25) is 4.79 Å². The summed E-state index contributed by atoms with van der Waals surface area (Å²) < 4.78 is 63.3. The van der Waals surface area contributed by atoms with E-state index in [4.69, 9.17) is 30.5 Å². The Morgan fingerprint density at radius 2 is 1.48 bits per heavy atom. The minimum atomic E-state index is -4.68. The molecule has 4 aromatic rings. The Morgan fingerprint density at radius 3 is 2.20 bits per heavy atom. The third-order valence-electron chi connectivity index (χ3n) is 6.12. The molecule has 0 unspecified atom stereocenters. The van der Waals surface area contributed by atoms with Gasteiger partial charge in [0.2, 0.25) is 0 Å². The van der Waals surface area contributed by atoms with Crippen molar-refractivity contribution in [3.8, 4) is 23.0 Å². The lowest BCUT2D eigenvalue weighted by atomic mass is 10.1. The van der Waals surface area contributed by atoms with Crippen molar-refractivity contribution in [2.45, 2.75) is 33.2 Å². The van der Waals surface area contributed by atoms with Gasteiger partial charge in [0.15, 0.2) is 23.0 Å². The van der Waals surface area contributed by atoms with Crippen LogP contribution in [-0.4, -0.2) is 25.3 Å². The summed E-state index contributed by atoms with van der Waals surface area (Å²) in [6, 6.07) is 22.9. The standard InChI is InChI=1S/C33H30ClF3N2O5/c1-3-41-29-17-23(14-15-28(29)43-20-22-10-6-5-7-11-22)21-44-31-27(34)16-24(18-30(31)42-4-2)19-38-39-32(40)25-12-8-9-13-26(25)33(35,36)37/h5-19H,3-4,20-21H2,1-2H3,(H,39,40)/b38-19+. The second-order valence-corrected chi connectivity index (χ2v) is 9.69. The molecule has 0 saturated carbocycles. The highest BCUT2D eigenvalue weighted by molar-refractivity contribution is 6.32. The first kappa shape index (κ1) is 32.2. The highest BCUT2D eigenvalue weighted by atomic mass is 35.5. The zero-order valence-corrected chi connectivity index (χ0v) is 24.7. The maximum Gasteiger partial charge on any atom is 0.417 e. The molecule has 7 nitrogen and oxygen atoms in total. The Labute approximate surface area is 258 Å². The molecule has 0 aliphatic carbocycles. The fourth-order valence-corrected chi connectivity index (χ4v) is 4.41. The van der Waals surface area contributed by atoms with Crippen LogP contribution in [0.15, 0.2) is 90.0 Å². The van der Waals surface area contributed by atoms with E-state index >= 15 is 0 Å². The van der Waals surface area contributed by atoms with E-state index in [0.717, 1.165) is 23.3 Å². The minimum Gasteiger partial charge on any atom is -0.490 e. The number of nitrogens with one attached hydrogen (secondary N) is 1. The molecule has 0 atom stereocenters. The Bertz CT molecular complexity index is 1600. The summed E-state index contributed by atoms with van der Waals surface area (Å²) >= 11 is 6.53. The fourth-order valence-electron chi connectivity index (χ4n) is 4.14. The van der Waals surface area contributed by atoms with E-state index in [-0.39, 0.29) is 17.4 Å². The predicted octanol–water partition coefficient (Wildman–Crippen LogP) is 8.08. The zero-order chi connectivity index (χ0) is 31.5. The van der Waals surface area contributed by atoms with Crippen LogP contribution in [0.3, 0.4) is 0 Å². The lowest BCUT2D eigenvalue weighted by Crippen LogP contribution is -2.22. The monoisotopic (exact) mass is 626 g/mol. The Hall–Kier alpha value is -4.70. The number of hydrogen-bond donors (Lipinski definition) is 1. The van der Waals surface area contributed by atoms with E-state index in [1.807, 2.05) is 55.5 Å². The number of benzene rings is 4. The molecule has 0 saturated heterocycles. The predicted molar refractivity (Wildman–Crippen MR) is 162 cm³/mol. The van der Waals surface area contributed by atoms with E-state index in [1.54, 1.807) is 13.0 Å². The molecule has 0 spiro atoms. The van der Waals surface area contributed by atoms with Gasteiger partial charge in [-0.2, -0.15) is 18.3 Å². The number of carbonyl (C=O) groups excluding carboxylic acids is 1. The molecule has 230 valence electrons. The van der Waals surface area contributed by atoms with Gasteiger partial charge in [-0.05, 0) is 66.9 Å². The van der Waals surface area contributed by atoms with Gasteiger partial charge in [0.1, 0.15) is 13.2 Å². The van der Waals surface area contributed by atoms with Gasteiger partial charge in [-0.15, -0.1) is 0 Å². The zero-order valence-electron chi connectivity index (χ0n) is 24.0. The van der Waals surface area contributed by atoms with Crippen LogP contribution >= 0.6 is 11.6 Å². The van der Waals surface area contributed by atoms with Crippen molar-refractivity contribution >= 4 is 23.7 Å². The molecule has 4 aromatic carbocycles. The van der Waals surface area contributed by atoms with Crippen molar-refractivity contribution < 1.29 is 36.9 Å². The quantitative estimate of drug-likeness (QED) is 0.120.